The van der Waals surface area contributed by atoms with Crippen molar-refractivity contribution in [3.8, 4) is 5.75 Å². The molecule has 0 radical (unpaired) electrons. The summed E-state index contributed by atoms with van der Waals surface area (Å²) in [7, 11) is 0. The average Bonchev–Trinajstić information content (AvgIpc) is 3.34. The second-order valence-corrected chi connectivity index (χ2v) is 9.00. The van der Waals surface area contributed by atoms with Gasteiger partial charge in [-0.3, -0.25) is 9.59 Å². The van der Waals surface area contributed by atoms with E-state index in [1.165, 1.54) is 28.0 Å². The zero-order valence-corrected chi connectivity index (χ0v) is 18.3. The maximum atomic E-state index is 13.3. The molecule has 0 N–H and O–H groups in total. The predicted octanol–water partition coefficient (Wildman–Crippen LogP) is 5.75. The first-order chi connectivity index (χ1) is 14.5. The van der Waals surface area contributed by atoms with Crippen molar-refractivity contribution in [1.82, 2.24) is 0 Å². The van der Waals surface area contributed by atoms with E-state index >= 15 is 0 Å². The predicted molar refractivity (Wildman–Crippen MR) is 124 cm³/mol. The van der Waals surface area contributed by atoms with E-state index in [1.54, 1.807) is 24.3 Å². The molecule has 0 aliphatic carbocycles. The van der Waals surface area contributed by atoms with Crippen LogP contribution in [0.3, 0.4) is 0 Å². The Bertz CT molecular complexity index is 1070. The summed E-state index contributed by atoms with van der Waals surface area (Å²) in [6, 6.07) is 20.8. The number of amides is 2. The van der Waals surface area contributed by atoms with Crippen LogP contribution < -0.4 is 9.64 Å². The van der Waals surface area contributed by atoms with Gasteiger partial charge < -0.3 is 4.74 Å². The summed E-state index contributed by atoms with van der Waals surface area (Å²) < 4.78 is 5.67. The third-order valence-corrected chi connectivity index (χ3v) is 6.53. The zero-order chi connectivity index (χ0) is 21.1. The van der Waals surface area contributed by atoms with Gasteiger partial charge in [0.25, 0.3) is 11.8 Å². The number of thioether (sulfide) groups is 1. The van der Waals surface area contributed by atoms with Crippen LogP contribution in [0.15, 0.2) is 77.0 Å². The minimum Gasteiger partial charge on any atom is -0.491 e. The van der Waals surface area contributed by atoms with E-state index in [9.17, 15) is 9.59 Å². The molecular weight excluding hydrogens is 414 g/mol. The summed E-state index contributed by atoms with van der Waals surface area (Å²) in [4.78, 5) is 29.2. The molecule has 3 aromatic rings. The Labute approximate surface area is 184 Å². The van der Waals surface area contributed by atoms with Crippen molar-refractivity contribution in [3.05, 3.63) is 87.5 Å². The Morgan fingerprint density at radius 1 is 0.933 bits per heavy atom. The van der Waals surface area contributed by atoms with Gasteiger partial charge in [-0.1, -0.05) is 36.4 Å². The molecule has 152 valence electrons. The monoisotopic (exact) mass is 435 g/mol. The summed E-state index contributed by atoms with van der Waals surface area (Å²) in [6.45, 7) is 3.91. The SMILES string of the molecule is CC(C)Oc1ccc(N2C(=O)C(SCc3ccccc3)=C(c3cccs3)C2=O)cc1. The van der Waals surface area contributed by atoms with E-state index in [4.69, 9.17) is 4.74 Å². The summed E-state index contributed by atoms with van der Waals surface area (Å²) in [5, 5.41) is 1.92. The quantitative estimate of drug-likeness (QED) is 0.443. The Hall–Kier alpha value is -2.83. The van der Waals surface area contributed by atoms with Gasteiger partial charge in [-0.25, -0.2) is 4.90 Å². The van der Waals surface area contributed by atoms with Gasteiger partial charge in [0.05, 0.1) is 22.3 Å². The molecule has 0 unspecified atom stereocenters. The summed E-state index contributed by atoms with van der Waals surface area (Å²) in [5.74, 6) is 0.773. The van der Waals surface area contributed by atoms with Gasteiger partial charge in [0, 0.05) is 10.6 Å². The van der Waals surface area contributed by atoms with Gasteiger partial charge in [0.1, 0.15) is 5.75 Å². The molecule has 2 aromatic carbocycles. The van der Waals surface area contributed by atoms with Crippen molar-refractivity contribution in [2.45, 2.75) is 25.7 Å². The fourth-order valence-electron chi connectivity index (χ4n) is 3.19. The largest absolute Gasteiger partial charge is 0.491 e. The molecule has 0 fully saturated rings. The first kappa shape index (κ1) is 20.4. The Kier molecular flexibility index (Phi) is 6.06. The molecule has 0 atom stereocenters. The van der Waals surface area contributed by atoms with Crippen molar-refractivity contribution in [3.63, 3.8) is 0 Å². The second-order valence-electron chi connectivity index (χ2n) is 7.06. The van der Waals surface area contributed by atoms with Crippen LogP contribution in [0.25, 0.3) is 5.57 Å². The van der Waals surface area contributed by atoms with Gasteiger partial charge in [0.2, 0.25) is 0 Å². The fourth-order valence-corrected chi connectivity index (χ4v) is 5.08. The molecule has 30 heavy (non-hydrogen) atoms. The summed E-state index contributed by atoms with van der Waals surface area (Å²) in [5.41, 5.74) is 2.14. The minimum atomic E-state index is -0.282. The Morgan fingerprint density at radius 3 is 2.30 bits per heavy atom. The van der Waals surface area contributed by atoms with Crippen molar-refractivity contribution in [2.24, 2.45) is 0 Å². The molecule has 0 bridgehead atoms. The van der Waals surface area contributed by atoms with Gasteiger partial charge >= 0.3 is 0 Å². The molecule has 4 nitrogen and oxygen atoms in total. The number of rotatable bonds is 7. The number of benzene rings is 2. The topological polar surface area (TPSA) is 46.6 Å². The van der Waals surface area contributed by atoms with E-state index < -0.39 is 0 Å². The van der Waals surface area contributed by atoms with Gasteiger partial charge in [-0.15, -0.1) is 23.1 Å². The lowest BCUT2D eigenvalue weighted by Crippen LogP contribution is -2.31. The highest BCUT2D eigenvalue weighted by Crippen LogP contribution is 2.41. The van der Waals surface area contributed by atoms with Crippen molar-refractivity contribution >= 4 is 46.2 Å². The lowest BCUT2D eigenvalue weighted by atomic mass is 10.2. The lowest BCUT2D eigenvalue weighted by Gasteiger charge is -2.16. The number of imide groups is 1. The maximum Gasteiger partial charge on any atom is 0.272 e. The van der Waals surface area contributed by atoms with Crippen LogP contribution in [0.5, 0.6) is 5.75 Å². The third-order valence-electron chi connectivity index (χ3n) is 4.50. The minimum absolute atomic E-state index is 0.0546. The number of hydrogen-bond donors (Lipinski definition) is 0. The Morgan fingerprint density at radius 2 is 1.67 bits per heavy atom. The fraction of sp³-hybridized carbons (Fsp3) is 0.167. The van der Waals surface area contributed by atoms with E-state index in [1.807, 2.05) is 61.7 Å². The molecule has 2 amide bonds. The molecule has 4 rings (SSSR count). The molecule has 6 heteroatoms. The van der Waals surface area contributed by atoms with Crippen molar-refractivity contribution < 1.29 is 14.3 Å². The van der Waals surface area contributed by atoms with E-state index in [-0.39, 0.29) is 17.9 Å². The number of carbonyl (C=O) groups is 2. The van der Waals surface area contributed by atoms with E-state index in [0.29, 0.717) is 27.7 Å². The highest BCUT2D eigenvalue weighted by molar-refractivity contribution is 8.03. The number of nitrogens with zero attached hydrogens (tertiary/aromatic N) is 1. The first-order valence-corrected chi connectivity index (χ1v) is 11.5. The number of carbonyl (C=O) groups excluding carboxylic acids is 2. The van der Waals surface area contributed by atoms with Crippen LogP contribution in [-0.2, 0) is 15.3 Å². The molecule has 0 saturated carbocycles. The molecule has 0 spiro atoms. The summed E-state index contributed by atoms with van der Waals surface area (Å²) in [6.07, 6.45) is 0.0546. The average molecular weight is 436 g/mol. The van der Waals surface area contributed by atoms with E-state index in [0.717, 1.165) is 10.4 Å². The third kappa shape index (κ3) is 4.20. The van der Waals surface area contributed by atoms with Gasteiger partial charge in [-0.2, -0.15) is 0 Å². The Balaban J connectivity index is 1.64. The standard InChI is InChI=1S/C24H21NO3S2/c1-16(2)28-19-12-10-18(11-13-19)25-23(26)21(20-9-6-14-29-20)22(24(25)27)30-15-17-7-4-3-5-8-17/h3-14,16H,15H2,1-2H3. The first-order valence-electron chi connectivity index (χ1n) is 9.65. The molecule has 1 aromatic heterocycles. The van der Waals surface area contributed by atoms with Crippen LogP contribution in [0.4, 0.5) is 5.69 Å². The van der Waals surface area contributed by atoms with Crippen LogP contribution in [0.1, 0.15) is 24.3 Å². The highest BCUT2D eigenvalue weighted by atomic mass is 32.2. The normalized spacial score (nSPS) is 14.2. The number of ether oxygens (including phenoxy) is 1. The zero-order valence-electron chi connectivity index (χ0n) is 16.7. The molecule has 1 aliphatic heterocycles. The maximum absolute atomic E-state index is 13.3. The number of hydrogen-bond acceptors (Lipinski definition) is 5. The highest BCUT2D eigenvalue weighted by Gasteiger charge is 2.40. The van der Waals surface area contributed by atoms with Gasteiger partial charge in [-0.05, 0) is 55.1 Å². The number of thiophene rings is 1. The van der Waals surface area contributed by atoms with E-state index in [2.05, 4.69) is 0 Å². The van der Waals surface area contributed by atoms with Gasteiger partial charge in [0.15, 0.2) is 0 Å². The summed E-state index contributed by atoms with van der Waals surface area (Å²) >= 11 is 2.88. The molecule has 2 heterocycles. The van der Waals surface area contributed by atoms with Crippen molar-refractivity contribution in [2.75, 3.05) is 4.90 Å². The molecular formula is C24H21NO3S2. The van der Waals surface area contributed by atoms with Crippen LogP contribution >= 0.6 is 23.1 Å². The van der Waals surface area contributed by atoms with Crippen LogP contribution in [0, 0.1) is 0 Å². The second kappa shape index (κ2) is 8.90. The molecule has 1 aliphatic rings. The number of anilines is 1. The van der Waals surface area contributed by atoms with Crippen LogP contribution in [-0.4, -0.2) is 17.9 Å². The molecule has 0 saturated heterocycles. The van der Waals surface area contributed by atoms with Crippen LogP contribution in [0.2, 0.25) is 0 Å². The smallest absolute Gasteiger partial charge is 0.272 e. The lowest BCUT2D eigenvalue weighted by molar-refractivity contribution is -0.119. The van der Waals surface area contributed by atoms with Crippen molar-refractivity contribution in [1.29, 1.82) is 0 Å².